The first-order valence-corrected chi connectivity index (χ1v) is 14.9. The van der Waals surface area contributed by atoms with Crippen LogP contribution in [0.3, 0.4) is 0 Å². The topological polar surface area (TPSA) is 83.6 Å². The molecule has 0 spiro atoms. The van der Waals surface area contributed by atoms with Gasteiger partial charge in [-0.3, -0.25) is 0 Å². The molecule has 2 N–H and O–H groups in total. The maximum atomic E-state index is 12.6. The van der Waals surface area contributed by atoms with Gasteiger partial charge in [0.2, 0.25) is 0 Å². The molecule has 4 fully saturated rings. The van der Waals surface area contributed by atoms with Gasteiger partial charge in [-0.25, -0.2) is 9.78 Å². The molecule has 37 heavy (non-hydrogen) atoms. The zero-order valence-corrected chi connectivity index (χ0v) is 23.1. The molecular weight excluding hydrogens is 462 g/mol. The van der Waals surface area contributed by atoms with Gasteiger partial charge in [-0.2, -0.15) is 0 Å². The Morgan fingerprint density at radius 3 is 2.62 bits per heavy atom. The predicted octanol–water partition coefficient (Wildman–Crippen LogP) is 6.06. The van der Waals surface area contributed by atoms with Gasteiger partial charge < -0.3 is 14.6 Å². The fraction of sp³-hybridized carbons (Fsp3) is 0.750. The highest BCUT2D eigenvalue weighted by Crippen LogP contribution is 2.68. The van der Waals surface area contributed by atoms with Crippen molar-refractivity contribution in [2.24, 2.45) is 46.3 Å². The van der Waals surface area contributed by atoms with Crippen LogP contribution in [0.25, 0.3) is 10.9 Å². The molecule has 5 nitrogen and oxygen atoms in total. The summed E-state index contributed by atoms with van der Waals surface area (Å²) in [5, 5.41) is 22.4. The molecule has 1 heterocycles. The minimum absolute atomic E-state index is 0.182. The van der Waals surface area contributed by atoms with E-state index in [1.165, 1.54) is 25.7 Å². The number of hydrogen-bond acceptors (Lipinski definition) is 5. The molecule has 4 aliphatic carbocycles. The molecule has 0 amide bonds. The number of hydrogen-bond donors (Lipinski definition) is 2. The highest BCUT2D eigenvalue weighted by molar-refractivity contribution is 5.80. The van der Waals surface area contributed by atoms with Gasteiger partial charge in [0, 0.05) is 6.42 Å². The lowest BCUT2D eigenvalue weighted by molar-refractivity contribution is -0.174. The summed E-state index contributed by atoms with van der Waals surface area (Å²) in [7, 11) is 0. The highest BCUT2D eigenvalue weighted by Gasteiger charge is 2.62. The van der Waals surface area contributed by atoms with E-state index in [1.807, 2.05) is 25.1 Å². The molecule has 202 valence electrons. The molecule has 4 aliphatic rings. The van der Waals surface area contributed by atoms with Crippen LogP contribution in [0.4, 0.5) is 0 Å². The van der Waals surface area contributed by atoms with Crippen LogP contribution in [0.15, 0.2) is 27.4 Å². The Morgan fingerprint density at radius 1 is 1.05 bits per heavy atom. The summed E-state index contributed by atoms with van der Waals surface area (Å²) < 4.78 is 5.65. The third kappa shape index (κ3) is 4.02. The number of aliphatic hydroxyl groups excluding tert-OH is 2. The van der Waals surface area contributed by atoms with Crippen molar-refractivity contribution < 1.29 is 14.6 Å². The molecule has 1 unspecified atom stereocenters. The van der Waals surface area contributed by atoms with E-state index >= 15 is 0 Å². The summed E-state index contributed by atoms with van der Waals surface area (Å²) in [6.45, 7) is 9.31. The number of aryl methyl sites for hydroxylation is 2. The SMILES string of the molecule is Cc1cccc2nc(CC[C@@H](C)[C@H]3CC[C@H]4[C@H]5C(CC[C@]34C)[C@@]3(C)CC[C@@H](O)C[C@H]3C[C@@H]5O)oc(=O)c12. The summed E-state index contributed by atoms with van der Waals surface area (Å²) >= 11 is 0. The average molecular weight is 508 g/mol. The Morgan fingerprint density at radius 2 is 1.81 bits per heavy atom. The van der Waals surface area contributed by atoms with Gasteiger partial charge in [0.1, 0.15) is 0 Å². The molecule has 0 radical (unpaired) electrons. The third-order valence-corrected chi connectivity index (χ3v) is 12.1. The summed E-state index contributed by atoms with van der Waals surface area (Å²) in [5.74, 6) is 3.72. The van der Waals surface area contributed by atoms with Crippen LogP contribution in [-0.2, 0) is 6.42 Å². The minimum atomic E-state index is -0.273. The fourth-order valence-corrected chi connectivity index (χ4v) is 10.2. The standard InChI is InChI=1S/C32H45NO4/c1-18(8-11-27-33-25-7-5-6-19(2)28(25)30(36)37-27)22-9-10-23-29-24(13-15-32(22,23)4)31(3)14-12-21(34)16-20(31)17-26(29)35/h5-7,18,20-24,26,29,34-35H,8-17H2,1-4H3/t18-,20+,21-,22-,23+,24?,26+,29+,31+,32-/m1/s1. The first-order valence-electron chi connectivity index (χ1n) is 14.9. The molecule has 6 rings (SSSR count). The first-order chi connectivity index (χ1) is 17.6. The number of rotatable bonds is 4. The second-order valence-corrected chi connectivity index (χ2v) is 13.8. The van der Waals surface area contributed by atoms with Crippen molar-refractivity contribution in [3.63, 3.8) is 0 Å². The Hall–Kier alpha value is -1.72. The molecule has 4 saturated carbocycles. The van der Waals surface area contributed by atoms with Crippen molar-refractivity contribution in [1.29, 1.82) is 0 Å². The van der Waals surface area contributed by atoms with Gasteiger partial charge in [0.25, 0.3) is 0 Å². The van der Waals surface area contributed by atoms with Crippen molar-refractivity contribution in [1.82, 2.24) is 4.98 Å². The smallest absolute Gasteiger partial charge is 0.347 e. The van der Waals surface area contributed by atoms with E-state index < -0.39 is 0 Å². The molecule has 0 saturated heterocycles. The lowest BCUT2D eigenvalue weighted by atomic mass is 9.43. The molecule has 2 aromatic rings. The Bertz CT molecular complexity index is 1220. The van der Waals surface area contributed by atoms with E-state index in [4.69, 9.17) is 9.40 Å². The second kappa shape index (κ2) is 9.19. The molecule has 5 heteroatoms. The lowest BCUT2D eigenvalue weighted by Gasteiger charge is -2.62. The molecule has 1 aromatic heterocycles. The van der Waals surface area contributed by atoms with Crippen molar-refractivity contribution in [3.8, 4) is 0 Å². The Kier molecular flexibility index (Phi) is 6.35. The predicted molar refractivity (Wildman–Crippen MR) is 145 cm³/mol. The molecule has 10 atom stereocenters. The first kappa shape index (κ1) is 25.6. The van der Waals surface area contributed by atoms with Gasteiger partial charge in [-0.15, -0.1) is 0 Å². The normalized spacial score (nSPS) is 42.2. The van der Waals surface area contributed by atoms with Crippen LogP contribution in [0.2, 0.25) is 0 Å². The van der Waals surface area contributed by atoms with E-state index in [-0.39, 0.29) is 28.7 Å². The number of nitrogens with zero attached hydrogens (tertiary/aromatic N) is 1. The van der Waals surface area contributed by atoms with Crippen LogP contribution in [0.5, 0.6) is 0 Å². The molecule has 0 bridgehead atoms. The summed E-state index contributed by atoms with van der Waals surface area (Å²) in [6, 6.07) is 5.78. The summed E-state index contributed by atoms with van der Waals surface area (Å²) in [5.41, 5.74) is 1.90. The number of aromatic nitrogens is 1. The lowest BCUT2D eigenvalue weighted by Crippen LogP contribution is -2.58. The largest absolute Gasteiger partial charge is 0.408 e. The highest BCUT2D eigenvalue weighted by atomic mass is 16.4. The van der Waals surface area contributed by atoms with Crippen LogP contribution in [0.1, 0.15) is 90.0 Å². The second-order valence-electron chi connectivity index (χ2n) is 13.8. The zero-order chi connectivity index (χ0) is 26.1. The molecule has 0 aliphatic heterocycles. The van der Waals surface area contributed by atoms with Gasteiger partial charge >= 0.3 is 5.63 Å². The van der Waals surface area contributed by atoms with Gasteiger partial charge in [0.05, 0.1) is 23.1 Å². The minimum Gasteiger partial charge on any atom is -0.408 e. The number of fused-ring (bicyclic) bond motifs is 6. The average Bonchev–Trinajstić information content (AvgIpc) is 3.21. The Labute approximate surface area is 221 Å². The Balaban J connectivity index is 1.18. The van der Waals surface area contributed by atoms with E-state index in [2.05, 4.69) is 20.8 Å². The molecular formula is C32H45NO4. The van der Waals surface area contributed by atoms with Crippen LogP contribution in [0, 0.1) is 53.3 Å². The van der Waals surface area contributed by atoms with E-state index in [0.717, 1.165) is 43.2 Å². The van der Waals surface area contributed by atoms with E-state index in [1.54, 1.807) is 0 Å². The van der Waals surface area contributed by atoms with Gasteiger partial charge in [-0.05, 0) is 123 Å². The van der Waals surface area contributed by atoms with Crippen molar-refractivity contribution >= 4 is 10.9 Å². The molecule has 1 aromatic carbocycles. The van der Waals surface area contributed by atoms with Crippen LogP contribution < -0.4 is 5.63 Å². The van der Waals surface area contributed by atoms with E-state index in [0.29, 0.717) is 53.2 Å². The number of benzene rings is 1. The fourth-order valence-electron chi connectivity index (χ4n) is 10.2. The van der Waals surface area contributed by atoms with Gasteiger partial charge in [0.15, 0.2) is 5.89 Å². The zero-order valence-electron chi connectivity index (χ0n) is 23.1. The third-order valence-electron chi connectivity index (χ3n) is 12.1. The summed E-state index contributed by atoms with van der Waals surface area (Å²) in [6.07, 6.45) is 9.92. The van der Waals surface area contributed by atoms with Crippen molar-refractivity contribution in [2.75, 3.05) is 0 Å². The van der Waals surface area contributed by atoms with Gasteiger partial charge in [-0.1, -0.05) is 32.9 Å². The quantitative estimate of drug-likeness (QED) is 0.526. The van der Waals surface area contributed by atoms with Crippen LogP contribution in [-0.4, -0.2) is 27.4 Å². The number of aliphatic hydroxyl groups is 2. The maximum absolute atomic E-state index is 12.6. The van der Waals surface area contributed by atoms with E-state index in [9.17, 15) is 15.0 Å². The van der Waals surface area contributed by atoms with Crippen molar-refractivity contribution in [2.45, 2.75) is 104 Å². The monoisotopic (exact) mass is 507 g/mol. The maximum Gasteiger partial charge on any atom is 0.347 e. The summed E-state index contributed by atoms with van der Waals surface area (Å²) in [4.78, 5) is 17.3. The van der Waals surface area contributed by atoms with Crippen LogP contribution >= 0.6 is 0 Å². The van der Waals surface area contributed by atoms with Crippen molar-refractivity contribution in [3.05, 3.63) is 40.1 Å².